The average molecular weight is 762 g/mol. The zero-order valence-electron chi connectivity index (χ0n) is 34.7. The first-order chi connectivity index (χ1) is 25.6. The van der Waals surface area contributed by atoms with Gasteiger partial charge < -0.3 is 19.9 Å². The van der Waals surface area contributed by atoms with Crippen molar-refractivity contribution in [2.45, 2.75) is 152 Å². The van der Waals surface area contributed by atoms with E-state index >= 15 is 0 Å². The molecule has 10 atom stereocenters. The number of rotatable bonds is 11. The highest BCUT2D eigenvalue weighted by Crippen LogP contribution is 2.87. The second-order valence-electron chi connectivity index (χ2n) is 20.6. The van der Waals surface area contributed by atoms with Crippen molar-refractivity contribution in [1.29, 1.82) is 0 Å². The molecule has 0 radical (unpaired) electrons. The van der Waals surface area contributed by atoms with E-state index in [-0.39, 0.29) is 69.0 Å². The number of nitrogens with one attached hydrogen (secondary N) is 1. The maximum Gasteiger partial charge on any atom is 0.309 e. The van der Waals surface area contributed by atoms with E-state index in [1.807, 2.05) is 0 Å². The molecule has 0 bridgehead atoms. The van der Waals surface area contributed by atoms with Gasteiger partial charge in [-0.1, -0.05) is 53.7 Å². The number of hydrogen-bond acceptors (Lipinski definition) is 7. The number of carbonyl (C=O) groups excluding carboxylic acids is 3. The van der Waals surface area contributed by atoms with Crippen LogP contribution in [0.2, 0.25) is 0 Å². The highest BCUT2D eigenvalue weighted by atomic mass is 19.1. The van der Waals surface area contributed by atoms with Crippen molar-refractivity contribution < 1.29 is 38.1 Å². The minimum Gasteiger partial charge on any atom is -0.481 e. The van der Waals surface area contributed by atoms with Crippen LogP contribution in [0, 0.1) is 61.5 Å². The minimum absolute atomic E-state index is 0.0130. The highest BCUT2D eigenvalue weighted by Gasteiger charge is 2.82. The van der Waals surface area contributed by atoms with E-state index < -0.39 is 28.9 Å². The van der Waals surface area contributed by atoms with Crippen molar-refractivity contribution >= 4 is 23.7 Å². The fourth-order valence-corrected chi connectivity index (χ4v) is 14.2. The fourth-order valence-electron chi connectivity index (χ4n) is 14.2. The van der Waals surface area contributed by atoms with E-state index in [9.17, 15) is 28.7 Å². The molecule has 0 amide bonds. The summed E-state index contributed by atoms with van der Waals surface area (Å²) < 4.78 is 26.1. The normalized spacial score (nSPS) is 39.6. The Hall–Kier alpha value is -3.07. The summed E-state index contributed by atoms with van der Waals surface area (Å²) in [6.45, 7) is 19.7. The highest BCUT2D eigenvalue weighted by molar-refractivity contribution is 6.01. The van der Waals surface area contributed by atoms with Gasteiger partial charge in [0, 0.05) is 37.3 Å². The zero-order valence-corrected chi connectivity index (χ0v) is 34.7. The van der Waals surface area contributed by atoms with Crippen molar-refractivity contribution in [3.05, 3.63) is 46.8 Å². The molecule has 0 aliphatic heterocycles. The molecule has 55 heavy (non-hydrogen) atoms. The van der Waals surface area contributed by atoms with Crippen LogP contribution in [0.3, 0.4) is 0 Å². The van der Waals surface area contributed by atoms with Crippen LogP contribution in [0.15, 0.2) is 35.4 Å². The largest absolute Gasteiger partial charge is 0.481 e. The Morgan fingerprint density at radius 1 is 0.927 bits per heavy atom. The van der Waals surface area contributed by atoms with Crippen molar-refractivity contribution in [3.63, 3.8) is 0 Å². The molecule has 3 unspecified atom stereocenters. The van der Waals surface area contributed by atoms with Crippen molar-refractivity contribution in [2.24, 2.45) is 55.7 Å². The van der Waals surface area contributed by atoms with Crippen LogP contribution >= 0.6 is 0 Å². The Morgan fingerprint density at radius 3 is 2.24 bits per heavy atom. The van der Waals surface area contributed by atoms with Crippen LogP contribution in [0.5, 0.6) is 0 Å². The molecule has 8 nitrogen and oxygen atoms in total. The van der Waals surface area contributed by atoms with E-state index in [0.717, 1.165) is 68.9 Å². The first-order valence-corrected chi connectivity index (χ1v) is 20.9. The molecule has 5 saturated carbocycles. The predicted octanol–water partition coefficient (Wildman–Crippen LogP) is 8.99. The number of ether oxygens (including phenoxy) is 2. The van der Waals surface area contributed by atoms with Gasteiger partial charge in [0.1, 0.15) is 18.0 Å². The molecule has 2 N–H and O–H groups in total. The summed E-state index contributed by atoms with van der Waals surface area (Å²) in [5.74, 6) is -1.13. The Bertz CT molecular complexity index is 1800. The number of carboxylic acids is 1. The van der Waals surface area contributed by atoms with E-state index in [1.165, 1.54) is 24.6 Å². The molecule has 0 heterocycles. The van der Waals surface area contributed by atoms with Crippen molar-refractivity contribution in [3.8, 4) is 0 Å². The molecular formula is C46H64FNO7. The number of esters is 2. The zero-order chi connectivity index (χ0) is 40.1. The van der Waals surface area contributed by atoms with Gasteiger partial charge in [-0.05, 0) is 140 Å². The van der Waals surface area contributed by atoms with Gasteiger partial charge in [-0.25, -0.2) is 4.39 Å². The third kappa shape index (κ3) is 5.81. The van der Waals surface area contributed by atoms with Crippen LogP contribution in [-0.4, -0.2) is 47.6 Å². The molecule has 0 aromatic heterocycles. The summed E-state index contributed by atoms with van der Waals surface area (Å²) in [5, 5.41) is 13.1. The van der Waals surface area contributed by atoms with Gasteiger partial charge >= 0.3 is 17.9 Å². The molecule has 0 saturated heterocycles. The second kappa shape index (κ2) is 13.2. The van der Waals surface area contributed by atoms with Gasteiger partial charge in [0.2, 0.25) is 0 Å². The number of ketones is 1. The first-order valence-electron chi connectivity index (χ1n) is 20.9. The van der Waals surface area contributed by atoms with Crippen LogP contribution in [0.25, 0.3) is 0 Å². The van der Waals surface area contributed by atoms with E-state index in [2.05, 4.69) is 46.9 Å². The number of carbonyl (C=O) groups is 4. The van der Waals surface area contributed by atoms with Crippen molar-refractivity contribution in [2.75, 3.05) is 6.54 Å². The summed E-state index contributed by atoms with van der Waals surface area (Å²) in [6.07, 6.45) is 8.20. The molecule has 6 aliphatic carbocycles. The third-order valence-electron chi connectivity index (χ3n) is 17.3. The summed E-state index contributed by atoms with van der Waals surface area (Å²) in [7, 11) is 0. The molecule has 6 aliphatic rings. The monoisotopic (exact) mass is 761 g/mol. The number of Topliss-reactive ketones (excluding diaryl/α,β-unsaturated/α-hetero) is 1. The second-order valence-corrected chi connectivity index (χ2v) is 20.6. The molecule has 302 valence electrons. The van der Waals surface area contributed by atoms with Gasteiger partial charge in [0.15, 0.2) is 5.78 Å². The van der Waals surface area contributed by atoms with Crippen LogP contribution in [0.1, 0.15) is 139 Å². The third-order valence-corrected chi connectivity index (χ3v) is 17.3. The Balaban J connectivity index is 1.18. The lowest BCUT2D eigenvalue weighted by Gasteiger charge is -2.71. The summed E-state index contributed by atoms with van der Waals surface area (Å²) in [6, 6.07) is 6.42. The van der Waals surface area contributed by atoms with E-state index in [1.54, 1.807) is 26.0 Å². The number of halogens is 1. The fraction of sp³-hybridized carbons (Fsp3) is 0.739. The molecule has 1 aromatic carbocycles. The molecule has 9 heteroatoms. The van der Waals surface area contributed by atoms with Gasteiger partial charge in [-0.3, -0.25) is 19.2 Å². The van der Waals surface area contributed by atoms with E-state index in [0.29, 0.717) is 25.4 Å². The van der Waals surface area contributed by atoms with Gasteiger partial charge in [-0.15, -0.1) is 0 Å². The number of carboxylic acid groups (broad SMARTS) is 1. The standard InChI is InChI=1S/C46H64FNO7/c1-27(2)37-32(50)22-45(35(54-28(3)49)25-48-24-29-10-12-30(47)13-11-29)20-18-41(6)31(38(37)45)14-15-33-42(41,7)19-21-46-26-44(46,9)34(16-17-43(33,46)8)55-36(51)23-40(4,5)39(52)53/h10-13,27,31,33-35,48H,14-26H2,1-9H3,(H,52,53)/t31-,33+,34+,35?,41-,42-,43-,44?,45?,46+/m1/s1. The molecule has 1 spiro atoms. The average Bonchev–Trinajstić information content (AvgIpc) is 3.62. The molecule has 1 aromatic rings. The maximum atomic E-state index is 14.3. The van der Waals surface area contributed by atoms with Gasteiger partial charge in [0.05, 0.1) is 11.8 Å². The summed E-state index contributed by atoms with van der Waals surface area (Å²) >= 11 is 0. The first kappa shape index (κ1) is 40.1. The Morgan fingerprint density at radius 2 is 1.60 bits per heavy atom. The maximum absolute atomic E-state index is 14.3. The van der Waals surface area contributed by atoms with Gasteiger partial charge in [-0.2, -0.15) is 0 Å². The minimum atomic E-state index is -1.17. The lowest BCUT2D eigenvalue weighted by molar-refractivity contribution is -0.221. The lowest BCUT2D eigenvalue weighted by atomic mass is 9.33. The number of allylic oxidation sites excluding steroid dienone is 1. The van der Waals surface area contributed by atoms with E-state index in [4.69, 9.17) is 9.47 Å². The molecular weight excluding hydrogens is 698 g/mol. The van der Waals surface area contributed by atoms with Crippen LogP contribution in [-0.2, 0) is 35.2 Å². The summed E-state index contributed by atoms with van der Waals surface area (Å²) in [4.78, 5) is 52.0. The lowest BCUT2D eigenvalue weighted by Crippen LogP contribution is -2.65. The smallest absolute Gasteiger partial charge is 0.309 e. The number of fused-ring (bicyclic) bond motifs is 6. The number of benzene rings is 1. The van der Waals surface area contributed by atoms with Crippen LogP contribution in [0.4, 0.5) is 4.39 Å². The topological polar surface area (TPSA) is 119 Å². The SMILES string of the molecule is CC(=O)OC(CNCc1ccc(F)cc1)C12CC[C@]3(C)[C@H](CC[C@@H]4[C@@]5(C)CC[C@H](OC(=O)CC(C)(C)C(=O)O)C6(C)C[C@]65CC[C@]43C)C1=C(C(C)C)C(=O)C2. The van der Waals surface area contributed by atoms with Crippen LogP contribution < -0.4 is 5.32 Å². The molecule has 5 fully saturated rings. The predicted molar refractivity (Wildman–Crippen MR) is 207 cm³/mol. The Kier molecular flexibility index (Phi) is 9.66. The molecule has 7 rings (SSSR count). The summed E-state index contributed by atoms with van der Waals surface area (Å²) in [5.41, 5.74) is 1.36. The number of aliphatic carboxylic acids is 1. The van der Waals surface area contributed by atoms with Crippen molar-refractivity contribution in [1.82, 2.24) is 5.32 Å². The quantitative estimate of drug-likeness (QED) is 0.215. The Labute approximate surface area is 327 Å². The van der Waals surface area contributed by atoms with Gasteiger partial charge in [0.25, 0.3) is 0 Å². The number of hydrogen-bond donors (Lipinski definition) is 2.